The van der Waals surface area contributed by atoms with Gasteiger partial charge in [0.2, 0.25) is 0 Å². The number of nitrogens with zero attached hydrogens (tertiary/aromatic N) is 4. The molecule has 3 rings (SSSR count). The van der Waals surface area contributed by atoms with E-state index in [2.05, 4.69) is 40.5 Å². The van der Waals surface area contributed by atoms with E-state index in [0.29, 0.717) is 11.5 Å². The van der Waals surface area contributed by atoms with E-state index in [1.807, 2.05) is 17.5 Å². The SMILES string of the molecule is CC(C)(C)CN1CCN(Cc2cnc(N3CCOCC3)s2)C[C@H]1CCO. The van der Waals surface area contributed by atoms with Gasteiger partial charge in [-0.25, -0.2) is 4.98 Å². The van der Waals surface area contributed by atoms with E-state index in [9.17, 15) is 5.11 Å². The van der Waals surface area contributed by atoms with Gasteiger partial charge in [-0.3, -0.25) is 9.80 Å². The minimum absolute atomic E-state index is 0.265. The molecule has 0 bridgehead atoms. The largest absolute Gasteiger partial charge is 0.396 e. The molecule has 0 aromatic carbocycles. The highest BCUT2D eigenvalue weighted by Gasteiger charge is 2.29. The second kappa shape index (κ2) is 8.97. The maximum Gasteiger partial charge on any atom is 0.185 e. The van der Waals surface area contributed by atoms with Crippen LogP contribution in [0.5, 0.6) is 0 Å². The fraction of sp³-hybridized carbons (Fsp3) is 0.842. The van der Waals surface area contributed by atoms with Crippen LogP contribution in [0.4, 0.5) is 5.13 Å². The van der Waals surface area contributed by atoms with Gasteiger partial charge in [-0.2, -0.15) is 0 Å². The van der Waals surface area contributed by atoms with Gasteiger partial charge in [-0.1, -0.05) is 20.8 Å². The van der Waals surface area contributed by atoms with Crippen LogP contribution >= 0.6 is 11.3 Å². The molecule has 1 aromatic heterocycles. The summed E-state index contributed by atoms with van der Waals surface area (Å²) in [6.45, 7) is 15.9. The number of thiazole rings is 1. The summed E-state index contributed by atoms with van der Waals surface area (Å²) in [6.07, 6.45) is 2.90. The van der Waals surface area contributed by atoms with Crippen molar-refractivity contribution in [2.75, 3.05) is 64.0 Å². The Hall–Kier alpha value is -0.730. The van der Waals surface area contributed by atoms with Crippen LogP contribution in [0.3, 0.4) is 0 Å². The van der Waals surface area contributed by atoms with Crippen molar-refractivity contribution in [3.63, 3.8) is 0 Å². The average Bonchev–Trinajstić information content (AvgIpc) is 3.06. The average molecular weight is 383 g/mol. The van der Waals surface area contributed by atoms with Gasteiger partial charge < -0.3 is 14.7 Å². The molecule has 1 aromatic rings. The minimum atomic E-state index is 0.265. The molecule has 2 saturated heterocycles. The normalized spacial score (nSPS) is 23.5. The fourth-order valence-corrected chi connectivity index (χ4v) is 4.84. The Morgan fingerprint density at radius 3 is 2.69 bits per heavy atom. The third kappa shape index (κ3) is 5.63. The van der Waals surface area contributed by atoms with Crippen molar-refractivity contribution in [1.29, 1.82) is 0 Å². The number of hydrogen-bond acceptors (Lipinski definition) is 7. The Morgan fingerprint density at radius 2 is 2.00 bits per heavy atom. The van der Waals surface area contributed by atoms with Gasteiger partial charge in [0.1, 0.15) is 0 Å². The standard InChI is InChI=1S/C19H34N4O2S/c1-19(2,3)15-23-6-5-21(13-16(23)4-9-24)14-17-12-20-18(26-17)22-7-10-25-11-8-22/h12,16,24H,4-11,13-15H2,1-3H3/t16-/m1/s1. The third-order valence-electron chi connectivity index (χ3n) is 5.03. The fourth-order valence-electron chi connectivity index (χ4n) is 3.83. The first-order valence-corrected chi connectivity index (χ1v) is 10.6. The Balaban J connectivity index is 1.56. The summed E-state index contributed by atoms with van der Waals surface area (Å²) >= 11 is 1.81. The summed E-state index contributed by atoms with van der Waals surface area (Å²) in [5.41, 5.74) is 0.292. The predicted octanol–water partition coefficient (Wildman–Crippen LogP) is 1.89. The molecule has 148 valence electrons. The van der Waals surface area contributed by atoms with Gasteiger partial charge in [0.05, 0.1) is 13.2 Å². The molecule has 1 atom stereocenters. The molecule has 2 aliphatic heterocycles. The van der Waals surface area contributed by atoms with Gasteiger partial charge in [0.15, 0.2) is 5.13 Å². The zero-order valence-corrected chi connectivity index (χ0v) is 17.3. The van der Waals surface area contributed by atoms with E-state index in [4.69, 9.17) is 4.74 Å². The Kier molecular flexibility index (Phi) is 6.91. The summed E-state index contributed by atoms with van der Waals surface area (Å²) in [5, 5.41) is 10.6. The van der Waals surface area contributed by atoms with Gasteiger partial charge in [-0.05, 0) is 11.8 Å². The predicted molar refractivity (Wildman–Crippen MR) is 107 cm³/mol. The van der Waals surface area contributed by atoms with E-state index in [1.54, 1.807) is 0 Å². The highest BCUT2D eigenvalue weighted by Crippen LogP contribution is 2.26. The first-order valence-electron chi connectivity index (χ1n) is 9.79. The lowest BCUT2D eigenvalue weighted by Gasteiger charge is -2.43. The summed E-state index contributed by atoms with van der Waals surface area (Å²) in [4.78, 5) is 13.4. The van der Waals surface area contributed by atoms with Gasteiger partial charge in [0.25, 0.3) is 0 Å². The number of aliphatic hydroxyl groups is 1. The van der Waals surface area contributed by atoms with E-state index in [-0.39, 0.29) is 6.61 Å². The van der Waals surface area contributed by atoms with Crippen LogP contribution in [-0.2, 0) is 11.3 Å². The van der Waals surface area contributed by atoms with Crippen molar-refractivity contribution in [2.24, 2.45) is 5.41 Å². The van der Waals surface area contributed by atoms with E-state index in [1.165, 1.54) is 4.88 Å². The highest BCUT2D eigenvalue weighted by molar-refractivity contribution is 7.15. The molecule has 26 heavy (non-hydrogen) atoms. The molecule has 0 spiro atoms. The number of aliphatic hydroxyl groups excluding tert-OH is 1. The number of rotatable bonds is 6. The number of morpholine rings is 1. The van der Waals surface area contributed by atoms with Crippen LogP contribution in [0.15, 0.2) is 6.20 Å². The van der Waals surface area contributed by atoms with Crippen LogP contribution in [-0.4, -0.2) is 85.0 Å². The van der Waals surface area contributed by atoms with E-state index in [0.717, 1.165) is 70.6 Å². The van der Waals surface area contributed by atoms with Crippen molar-refractivity contribution < 1.29 is 9.84 Å². The summed E-state index contributed by atoms with van der Waals surface area (Å²) in [7, 11) is 0. The molecule has 0 unspecified atom stereocenters. The smallest absolute Gasteiger partial charge is 0.185 e. The molecule has 1 N–H and O–H groups in total. The highest BCUT2D eigenvalue weighted by atomic mass is 32.1. The zero-order chi connectivity index (χ0) is 18.6. The lowest BCUT2D eigenvalue weighted by Crippen LogP contribution is -2.54. The molecular formula is C19H34N4O2S. The second-order valence-corrected chi connectivity index (χ2v) is 9.73. The number of anilines is 1. The van der Waals surface area contributed by atoms with Gasteiger partial charge >= 0.3 is 0 Å². The Bertz CT molecular complexity index is 554. The molecule has 0 amide bonds. The topological polar surface area (TPSA) is 52.1 Å². The summed E-state index contributed by atoms with van der Waals surface area (Å²) in [6, 6.07) is 0.444. The minimum Gasteiger partial charge on any atom is -0.396 e. The lowest BCUT2D eigenvalue weighted by atomic mass is 9.94. The quantitative estimate of drug-likeness (QED) is 0.811. The molecule has 2 aliphatic rings. The molecule has 2 fully saturated rings. The Morgan fingerprint density at radius 1 is 1.23 bits per heavy atom. The molecule has 0 aliphatic carbocycles. The first-order chi connectivity index (χ1) is 12.4. The van der Waals surface area contributed by atoms with E-state index >= 15 is 0 Å². The van der Waals surface area contributed by atoms with E-state index < -0.39 is 0 Å². The van der Waals surface area contributed by atoms with Crippen molar-refractivity contribution in [3.8, 4) is 0 Å². The monoisotopic (exact) mass is 382 g/mol. The molecule has 0 saturated carbocycles. The number of piperazine rings is 1. The maximum absolute atomic E-state index is 9.49. The molecular weight excluding hydrogens is 348 g/mol. The van der Waals surface area contributed by atoms with Crippen LogP contribution < -0.4 is 4.90 Å². The first kappa shape index (κ1) is 20.0. The Labute approximate surface area is 161 Å². The van der Waals surface area contributed by atoms with Crippen molar-refractivity contribution in [3.05, 3.63) is 11.1 Å². The van der Waals surface area contributed by atoms with Crippen LogP contribution in [0.2, 0.25) is 0 Å². The van der Waals surface area contributed by atoms with Crippen molar-refractivity contribution in [1.82, 2.24) is 14.8 Å². The number of ether oxygens (including phenoxy) is 1. The second-order valence-electron chi connectivity index (χ2n) is 8.64. The molecule has 3 heterocycles. The van der Waals surface area contributed by atoms with Crippen LogP contribution in [0.25, 0.3) is 0 Å². The summed E-state index contributed by atoms with van der Waals surface area (Å²) in [5.74, 6) is 0. The maximum atomic E-state index is 9.49. The van der Waals surface area contributed by atoms with Gasteiger partial charge in [0, 0.05) is 69.5 Å². The van der Waals surface area contributed by atoms with Crippen molar-refractivity contribution in [2.45, 2.75) is 39.8 Å². The number of hydrogen-bond donors (Lipinski definition) is 1. The summed E-state index contributed by atoms with van der Waals surface area (Å²) < 4.78 is 5.43. The zero-order valence-electron chi connectivity index (χ0n) is 16.5. The van der Waals surface area contributed by atoms with Crippen LogP contribution in [0.1, 0.15) is 32.1 Å². The van der Waals surface area contributed by atoms with Crippen LogP contribution in [0, 0.1) is 5.41 Å². The molecule has 6 nitrogen and oxygen atoms in total. The molecule has 0 radical (unpaired) electrons. The molecule has 7 heteroatoms. The van der Waals surface area contributed by atoms with Gasteiger partial charge in [-0.15, -0.1) is 11.3 Å². The van der Waals surface area contributed by atoms with Crippen molar-refractivity contribution >= 4 is 16.5 Å². The number of aromatic nitrogens is 1. The third-order valence-corrected chi connectivity index (χ3v) is 6.07. The lowest BCUT2D eigenvalue weighted by molar-refractivity contribution is 0.0343.